The molecule has 0 unspecified atom stereocenters. The second-order valence-electron chi connectivity index (χ2n) is 3.15. The highest BCUT2D eigenvalue weighted by Crippen LogP contribution is 2.01. The molecule has 4 heteroatoms. The van der Waals surface area contributed by atoms with Crippen molar-refractivity contribution in [3.63, 3.8) is 0 Å². The molecule has 0 aromatic carbocycles. The lowest BCUT2D eigenvalue weighted by atomic mass is 10.1. The van der Waals surface area contributed by atoms with E-state index in [9.17, 15) is 4.79 Å². The van der Waals surface area contributed by atoms with E-state index in [0.717, 1.165) is 5.56 Å². The number of amides is 1. The molecule has 1 amide bonds. The normalized spacial score (nSPS) is 9.67. The first-order chi connectivity index (χ1) is 7.18. The third kappa shape index (κ3) is 5.18. The fourth-order valence-corrected chi connectivity index (χ4v) is 1.16. The number of nitrogens with zero attached hydrogens (tertiary/aromatic N) is 1. The van der Waals surface area contributed by atoms with Gasteiger partial charge in [-0.2, -0.15) is 0 Å². The molecule has 15 heavy (non-hydrogen) atoms. The fraction of sp³-hybridized carbons (Fsp3) is 0.273. The van der Waals surface area contributed by atoms with Gasteiger partial charge in [-0.25, -0.2) is 0 Å². The standard InChI is InChI=1S/C11H13ClN2O/c1-9(12)8-14-11(15)3-2-10-4-6-13-7-5-10/h4-7H,1-3,8H2,(H,14,15). The van der Waals surface area contributed by atoms with Gasteiger partial charge >= 0.3 is 0 Å². The number of nitrogens with one attached hydrogen (secondary N) is 1. The number of carbonyl (C=O) groups excluding carboxylic acids is 1. The molecule has 0 fully saturated rings. The highest BCUT2D eigenvalue weighted by Gasteiger charge is 2.01. The largest absolute Gasteiger partial charge is 0.351 e. The molecule has 0 aliphatic rings. The molecule has 0 spiro atoms. The maximum absolute atomic E-state index is 11.3. The minimum atomic E-state index is -0.0198. The summed E-state index contributed by atoms with van der Waals surface area (Å²) in [5.41, 5.74) is 1.10. The summed E-state index contributed by atoms with van der Waals surface area (Å²) in [7, 11) is 0. The van der Waals surface area contributed by atoms with Gasteiger partial charge in [-0.1, -0.05) is 18.2 Å². The number of hydrogen-bond acceptors (Lipinski definition) is 2. The zero-order valence-corrected chi connectivity index (χ0v) is 9.13. The molecule has 1 rings (SSSR count). The van der Waals surface area contributed by atoms with E-state index in [0.29, 0.717) is 24.4 Å². The van der Waals surface area contributed by atoms with Crippen molar-refractivity contribution in [2.75, 3.05) is 6.54 Å². The maximum atomic E-state index is 11.3. The molecule has 0 bridgehead atoms. The second-order valence-corrected chi connectivity index (χ2v) is 3.68. The van der Waals surface area contributed by atoms with E-state index in [4.69, 9.17) is 11.6 Å². The third-order valence-corrected chi connectivity index (χ3v) is 2.00. The molecule has 1 aromatic heterocycles. The molecule has 0 saturated carbocycles. The summed E-state index contributed by atoms with van der Waals surface area (Å²) in [6.45, 7) is 3.82. The molecule has 1 heterocycles. The molecule has 1 N–H and O–H groups in total. The first kappa shape index (κ1) is 11.7. The van der Waals surface area contributed by atoms with Gasteiger partial charge in [0.2, 0.25) is 5.91 Å². The van der Waals surface area contributed by atoms with Crippen LogP contribution in [-0.2, 0) is 11.2 Å². The van der Waals surface area contributed by atoms with Crippen LogP contribution in [0.25, 0.3) is 0 Å². The van der Waals surface area contributed by atoms with Crippen molar-refractivity contribution in [2.45, 2.75) is 12.8 Å². The summed E-state index contributed by atoms with van der Waals surface area (Å²) in [6, 6.07) is 3.79. The fourth-order valence-electron chi connectivity index (χ4n) is 1.09. The second kappa shape index (κ2) is 6.19. The predicted octanol–water partition coefficient (Wildman–Crippen LogP) is 1.88. The number of aryl methyl sites for hydroxylation is 1. The smallest absolute Gasteiger partial charge is 0.220 e. The molecular weight excluding hydrogens is 212 g/mol. The Morgan fingerprint density at radius 1 is 1.47 bits per heavy atom. The Morgan fingerprint density at radius 2 is 2.13 bits per heavy atom. The van der Waals surface area contributed by atoms with Crippen molar-refractivity contribution in [1.82, 2.24) is 10.3 Å². The van der Waals surface area contributed by atoms with E-state index in [1.165, 1.54) is 0 Å². The van der Waals surface area contributed by atoms with Crippen LogP contribution < -0.4 is 5.32 Å². The zero-order valence-electron chi connectivity index (χ0n) is 8.37. The van der Waals surface area contributed by atoms with E-state index in [-0.39, 0.29) is 5.91 Å². The Kier molecular flexibility index (Phi) is 4.84. The van der Waals surface area contributed by atoms with Gasteiger partial charge < -0.3 is 5.32 Å². The molecule has 80 valence electrons. The summed E-state index contributed by atoms with van der Waals surface area (Å²) in [4.78, 5) is 15.2. The van der Waals surface area contributed by atoms with Crippen molar-refractivity contribution < 1.29 is 4.79 Å². The number of aromatic nitrogens is 1. The van der Waals surface area contributed by atoms with Crippen molar-refractivity contribution in [2.24, 2.45) is 0 Å². The van der Waals surface area contributed by atoms with Crippen LogP contribution in [0.15, 0.2) is 36.1 Å². The SMILES string of the molecule is C=C(Cl)CNC(=O)CCc1ccncc1. The number of carbonyl (C=O) groups is 1. The topological polar surface area (TPSA) is 42.0 Å². The minimum absolute atomic E-state index is 0.0198. The van der Waals surface area contributed by atoms with Gasteiger partial charge in [-0.15, -0.1) is 0 Å². The van der Waals surface area contributed by atoms with E-state index in [1.54, 1.807) is 12.4 Å². The monoisotopic (exact) mass is 224 g/mol. The number of pyridine rings is 1. The molecular formula is C11H13ClN2O. The highest BCUT2D eigenvalue weighted by molar-refractivity contribution is 6.29. The molecule has 0 saturated heterocycles. The van der Waals surface area contributed by atoms with Gasteiger partial charge in [0.1, 0.15) is 0 Å². The van der Waals surface area contributed by atoms with E-state index >= 15 is 0 Å². The Morgan fingerprint density at radius 3 is 2.73 bits per heavy atom. The molecule has 1 aromatic rings. The summed E-state index contributed by atoms with van der Waals surface area (Å²) < 4.78 is 0. The van der Waals surface area contributed by atoms with Crippen LogP contribution >= 0.6 is 11.6 Å². The van der Waals surface area contributed by atoms with Gasteiger partial charge in [0.05, 0.1) is 6.54 Å². The van der Waals surface area contributed by atoms with Gasteiger partial charge in [-0.3, -0.25) is 9.78 Å². The summed E-state index contributed by atoms with van der Waals surface area (Å²) in [5.74, 6) is -0.0198. The summed E-state index contributed by atoms with van der Waals surface area (Å²) >= 11 is 5.52. The van der Waals surface area contributed by atoms with E-state index in [2.05, 4.69) is 16.9 Å². The number of rotatable bonds is 5. The third-order valence-electron chi connectivity index (χ3n) is 1.87. The average molecular weight is 225 g/mol. The Hall–Kier alpha value is -1.35. The van der Waals surface area contributed by atoms with Gasteiger partial charge in [0, 0.05) is 23.8 Å². The van der Waals surface area contributed by atoms with Crippen LogP contribution in [0.5, 0.6) is 0 Å². The Bertz CT molecular complexity index is 338. The van der Waals surface area contributed by atoms with Gasteiger partial charge in [0.15, 0.2) is 0 Å². The molecule has 0 atom stereocenters. The maximum Gasteiger partial charge on any atom is 0.220 e. The van der Waals surface area contributed by atoms with Gasteiger partial charge in [-0.05, 0) is 24.1 Å². The van der Waals surface area contributed by atoms with Crippen molar-refractivity contribution in [1.29, 1.82) is 0 Å². The predicted molar refractivity (Wildman–Crippen MR) is 60.6 cm³/mol. The van der Waals surface area contributed by atoms with Crippen LogP contribution in [0.1, 0.15) is 12.0 Å². The Labute approximate surface area is 94.2 Å². The lowest BCUT2D eigenvalue weighted by Crippen LogP contribution is -2.24. The lowest BCUT2D eigenvalue weighted by molar-refractivity contribution is -0.120. The number of halogens is 1. The van der Waals surface area contributed by atoms with E-state index in [1.807, 2.05) is 12.1 Å². The average Bonchev–Trinajstić information content (AvgIpc) is 2.25. The summed E-state index contributed by atoms with van der Waals surface area (Å²) in [6.07, 6.45) is 4.60. The molecule has 0 aliphatic carbocycles. The highest BCUT2D eigenvalue weighted by atomic mass is 35.5. The zero-order chi connectivity index (χ0) is 11.1. The molecule has 0 radical (unpaired) electrons. The van der Waals surface area contributed by atoms with E-state index < -0.39 is 0 Å². The van der Waals surface area contributed by atoms with Crippen molar-refractivity contribution in [3.05, 3.63) is 41.7 Å². The van der Waals surface area contributed by atoms with Crippen LogP contribution in [0.4, 0.5) is 0 Å². The molecule has 0 aliphatic heterocycles. The lowest BCUT2D eigenvalue weighted by Gasteiger charge is -2.03. The quantitative estimate of drug-likeness (QED) is 0.830. The number of hydrogen-bond donors (Lipinski definition) is 1. The van der Waals surface area contributed by atoms with Gasteiger partial charge in [0.25, 0.3) is 0 Å². The first-order valence-corrected chi connectivity index (χ1v) is 5.05. The van der Waals surface area contributed by atoms with Crippen molar-refractivity contribution >= 4 is 17.5 Å². The van der Waals surface area contributed by atoms with Crippen LogP contribution in [0.2, 0.25) is 0 Å². The Balaban J connectivity index is 2.26. The van der Waals surface area contributed by atoms with Crippen LogP contribution in [0, 0.1) is 0 Å². The summed E-state index contributed by atoms with van der Waals surface area (Å²) in [5, 5.41) is 3.10. The van der Waals surface area contributed by atoms with Crippen molar-refractivity contribution in [3.8, 4) is 0 Å². The minimum Gasteiger partial charge on any atom is -0.351 e. The van der Waals surface area contributed by atoms with Crippen LogP contribution in [0.3, 0.4) is 0 Å². The first-order valence-electron chi connectivity index (χ1n) is 4.67. The van der Waals surface area contributed by atoms with Crippen LogP contribution in [-0.4, -0.2) is 17.4 Å². The molecule has 3 nitrogen and oxygen atoms in total.